The molecule has 1 rings (SSSR count). The number of amidine groups is 1. The summed E-state index contributed by atoms with van der Waals surface area (Å²) in [7, 11) is -3.43. The Kier molecular flexibility index (Phi) is 5.61. The quantitative estimate of drug-likeness (QED) is 0.234. The summed E-state index contributed by atoms with van der Waals surface area (Å²) in [4.78, 5) is 0. The molecule has 0 heterocycles. The molecule has 0 unspecified atom stereocenters. The summed E-state index contributed by atoms with van der Waals surface area (Å²) in [5.41, 5.74) is 4.85. The van der Waals surface area contributed by atoms with Crippen LogP contribution in [-0.4, -0.2) is 30.8 Å². The highest BCUT2D eigenvalue weighted by molar-refractivity contribution is 7.89. The number of sulfonamides is 1. The second-order valence-corrected chi connectivity index (χ2v) is 7.53. The van der Waals surface area contributed by atoms with Gasteiger partial charge in [0.15, 0.2) is 5.84 Å². The molecule has 19 heavy (non-hydrogen) atoms. The zero-order valence-corrected chi connectivity index (χ0v) is 12.5. The second-order valence-electron chi connectivity index (χ2n) is 5.76. The van der Waals surface area contributed by atoms with Gasteiger partial charge in [0.1, 0.15) is 0 Å². The van der Waals surface area contributed by atoms with Crippen molar-refractivity contribution in [2.24, 2.45) is 16.8 Å². The van der Waals surface area contributed by atoms with E-state index in [4.69, 9.17) is 10.9 Å². The highest BCUT2D eigenvalue weighted by Crippen LogP contribution is 2.28. The van der Waals surface area contributed by atoms with Gasteiger partial charge in [-0.1, -0.05) is 44.7 Å². The average Bonchev–Trinajstić information content (AvgIpc) is 2.52. The van der Waals surface area contributed by atoms with Crippen LogP contribution < -0.4 is 10.5 Å². The molecule has 1 saturated carbocycles. The smallest absolute Gasteiger partial charge is 0.212 e. The van der Waals surface area contributed by atoms with E-state index in [9.17, 15) is 8.42 Å². The second kappa shape index (κ2) is 6.56. The lowest BCUT2D eigenvalue weighted by molar-refractivity contribution is 0.306. The maximum Gasteiger partial charge on any atom is 0.212 e. The molecule has 0 bridgehead atoms. The van der Waals surface area contributed by atoms with Gasteiger partial charge in [0.05, 0.1) is 11.3 Å². The number of nitrogens with zero attached hydrogens (tertiary/aromatic N) is 1. The van der Waals surface area contributed by atoms with E-state index >= 15 is 0 Å². The number of nitrogens with one attached hydrogen (secondary N) is 1. The Morgan fingerprint density at radius 1 is 1.32 bits per heavy atom. The fourth-order valence-electron chi connectivity index (χ4n) is 2.62. The Labute approximate surface area is 115 Å². The first-order chi connectivity index (χ1) is 8.81. The topological polar surface area (TPSA) is 105 Å². The molecule has 1 fully saturated rings. The van der Waals surface area contributed by atoms with Crippen LogP contribution in [0.25, 0.3) is 0 Å². The Morgan fingerprint density at radius 3 is 2.26 bits per heavy atom. The average molecular weight is 291 g/mol. The molecule has 4 N–H and O–H groups in total. The highest BCUT2D eigenvalue weighted by Gasteiger charge is 2.39. The minimum absolute atomic E-state index is 0.0262. The van der Waals surface area contributed by atoms with Crippen LogP contribution in [0, 0.1) is 5.92 Å². The van der Waals surface area contributed by atoms with Gasteiger partial charge in [-0.2, -0.15) is 0 Å². The van der Waals surface area contributed by atoms with E-state index in [1.165, 1.54) is 0 Å². The van der Waals surface area contributed by atoms with Crippen LogP contribution in [-0.2, 0) is 10.0 Å². The Balaban J connectivity index is 2.98. The Morgan fingerprint density at radius 2 is 1.84 bits per heavy atom. The molecule has 7 heteroatoms. The van der Waals surface area contributed by atoms with Crippen LogP contribution in [0.5, 0.6) is 0 Å². The fourth-order valence-corrected chi connectivity index (χ4v) is 4.48. The minimum Gasteiger partial charge on any atom is -0.409 e. The first kappa shape index (κ1) is 16.2. The van der Waals surface area contributed by atoms with E-state index in [0.717, 1.165) is 25.7 Å². The van der Waals surface area contributed by atoms with Crippen molar-refractivity contribution < 1.29 is 13.6 Å². The number of rotatable bonds is 5. The lowest BCUT2D eigenvalue weighted by Crippen LogP contribution is -2.57. The molecule has 6 nitrogen and oxygen atoms in total. The highest BCUT2D eigenvalue weighted by atomic mass is 32.2. The molecule has 0 aromatic carbocycles. The molecule has 1 aliphatic carbocycles. The number of oxime groups is 1. The summed E-state index contributed by atoms with van der Waals surface area (Å²) in [6.45, 7) is 3.70. The summed E-state index contributed by atoms with van der Waals surface area (Å²) in [6.07, 6.45) is 5.01. The minimum atomic E-state index is -3.43. The molecule has 0 aliphatic heterocycles. The molecule has 112 valence electrons. The van der Waals surface area contributed by atoms with Gasteiger partial charge in [0.2, 0.25) is 10.0 Å². The first-order valence-corrected chi connectivity index (χ1v) is 8.46. The van der Waals surface area contributed by atoms with Crippen molar-refractivity contribution in [3.63, 3.8) is 0 Å². The molecule has 0 aromatic rings. The molecular formula is C12H25N3O3S. The first-order valence-electron chi connectivity index (χ1n) is 6.81. The number of nitrogens with two attached hydrogens (primary N) is 1. The largest absolute Gasteiger partial charge is 0.409 e. The molecule has 1 aliphatic rings. The van der Waals surface area contributed by atoms with Crippen LogP contribution in [0.1, 0.15) is 52.4 Å². The van der Waals surface area contributed by atoms with E-state index in [-0.39, 0.29) is 17.5 Å². The Bertz CT molecular complexity index is 410. The van der Waals surface area contributed by atoms with Crippen molar-refractivity contribution in [3.8, 4) is 0 Å². The third-order valence-electron chi connectivity index (χ3n) is 3.46. The van der Waals surface area contributed by atoms with Gasteiger partial charge in [0, 0.05) is 0 Å². The molecule has 0 aromatic heterocycles. The van der Waals surface area contributed by atoms with E-state index in [1.807, 2.05) is 13.8 Å². The zero-order valence-electron chi connectivity index (χ0n) is 11.7. The normalized spacial score (nSPS) is 21.3. The van der Waals surface area contributed by atoms with Crippen LogP contribution in [0.3, 0.4) is 0 Å². The van der Waals surface area contributed by atoms with Crippen molar-refractivity contribution in [2.45, 2.75) is 57.9 Å². The van der Waals surface area contributed by atoms with Crippen LogP contribution in [0.4, 0.5) is 0 Å². The zero-order chi connectivity index (χ0) is 14.5. The standard InChI is InChI=1S/C12H25N3O3S/c1-10(2)9-19(17,18)15-12(11(13)14-16)7-5-3-4-6-8-12/h10,15-16H,3-9H2,1-2H3,(H2,13,14). The van der Waals surface area contributed by atoms with Crippen molar-refractivity contribution in [1.29, 1.82) is 0 Å². The van der Waals surface area contributed by atoms with Gasteiger partial charge in [-0.15, -0.1) is 0 Å². The number of hydrogen-bond acceptors (Lipinski definition) is 4. The SMILES string of the molecule is CC(C)CS(=O)(=O)NC1(C(N)=NO)CCCCCC1. The van der Waals surface area contributed by atoms with Crippen LogP contribution in [0.2, 0.25) is 0 Å². The third kappa shape index (κ3) is 4.65. The van der Waals surface area contributed by atoms with E-state index in [2.05, 4.69) is 9.88 Å². The van der Waals surface area contributed by atoms with Crippen molar-refractivity contribution in [3.05, 3.63) is 0 Å². The van der Waals surface area contributed by atoms with E-state index in [0.29, 0.717) is 12.8 Å². The van der Waals surface area contributed by atoms with Gasteiger partial charge < -0.3 is 10.9 Å². The van der Waals surface area contributed by atoms with Gasteiger partial charge in [0.25, 0.3) is 0 Å². The third-order valence-corrected chi connectivity index (χ3v) is 5.27. The van der Waals surface area contributed by atoms with Crippen LogP contribution >= 0.6 is 0 Å². The molecule has 0 radical (unpaired) electrons. The van der Waals surface area contributed by atoms with Crippen molar-refractivity contribution in [2.75, 3.05) is 5.75 Å². The van der Waals surface area contributed by atoms with Gasteiger partial charge in [-0.25, -0.2) is 13.1 Å². The molecule has 0 spiro atoms. The molecular weight excluding hydrogens is 266 g/mol. The van der Waals surface area contributed by atoms with Gasteiger partial charge in [-0.3, -0.25) is 0 Å². The molecule has 0 atom stereocenters. The van der Waals surface area contributed by atoms with Crippen molar-refractivity contribution >= 4 is 15.9 Å². The summed E-state index contributed by atoms with van der Waals surface area (Å²) in [6, 6.07) is 0. The van der Waals surface area contributed by atoms with Gasteiger partial charge >= 0.3 is 0 Å². The van der Waals surface area contributed by atoms with E-state index < -0.39 is 15.6 Å². The maximum absolute atomic E-state index is 12.1. The lowest BCUT2D eigenvalue weighted by atomic mass is 9.90. The lowest BCUT2D eigenvalue weighted by Gasteiger charge is -2.32. The molecule has 0 amide bonds. The van der Waals surface area contributed by atoms with Gasteiger partial charge in [-0.05, 0) is 18.8 Å². The maximum atomic E-state index is 12.1. The number of hydrogen-bond donors (Lipinski definition) is 3. The summed E-state index contributed by atoms with van der Waals surface area (Å²) >= 11 is 0. The summed E-state index contributed by atoms with van der Waals surface area (Å²) < 4.78 is 27.0. The molecule has 0 saturated heterocycles. The predicted molar refractivity (Wildman–Crippen MR) is 75.6 cm³/mol. The van der Waals surface area contributed by atoms with Crippen LogP contribution in [0.15, 0.2) is 5.16 Å². The summed E-state index contributed by atoms with van der Waals surface area (Å²) in [5.74, 6) is 0.0577. The van der Waals surface area contributed by atoms with E-state index in [1.54, 1.807) is 0 Å². The summed E-state index contributed by atoms with van der Waals surface area (Å²) in [5, 5.41) is 12.0. The Hall–Kier alpha value is -0.820. The van der Waals surface area contributed by atoms with Crippen molar-refractivity contribution in [1.82, 2.24) is 4.72 Å². The predicted octanol–water partition coefficient (Wildman–Crippen LogP) is 1.40. The monoisotopic (exact) mass is 291 g/mol. The fraction of sp³-hybridized carbons (Fsp3) is 0.917.